The first kappa shape index (κ1) is 24.2. The molecule has 0 amide bonds. The Morgan fingerprint density at radius 3 is 2.32 bits per heavy atom. The lowest BCUT2D eigenvalue weighted by Gasteiger charge is -2.27. The zero-order chi connectivity index (χ0) is 24.8. The van der Waals surface area contributed by atoms with E-state index in [4.69, 9.17) is 14.9 Å². The van der Waals surface area contributed by atoms with Gasteiger partial charge in [-0.15, -0.1) is 0 Å². The van der Waals surface area contributed by atoms with Gasteiger partial charge >= 0.3 is 0 Å². The first-order valence-corrected chi connectivity index (χ1v) is 12.2. The normalized spacial score (nSPS) is 16.1. The highest BCUT2D eigenvalue weighted by Crippen LogP contribution is 2.58. The fourth-order valence-electron chi connectivity index (χ4n) is 4.86. The van der Waals surface area contributed by atoms with Crippen LogP contribution in [0.4, 0.5) is 4.39 Å². The predicted octanol–water partition coefficient (Wildman–Crippen LogP) is 6.00. The quantitative estimate of drug-likeness (QED) is 0.485. The van der Waals surface area contributed by atoms with Crippen molar-refractivity contribution < 1.29 is 18.7 Å². The molecule has 1 saturated carbocycles. The summed E-state index contributed by atoms with van der Waals surface area (Å²) in [4.78, 5) is 15.3. The van der Waals surface area contributed by atoms with Crippen molar-refractivity contribution in [3.63, 3.8) is 0 Å². The number of amidine groups is 1. The van der Waals surface area contributed by atoms with Gasteiger partial charge in [0.15, 0.2) is 23.1 Å². The zero-order valence-corrected chi connectivity index (χ0v) is 21.1. The number of nitrogens with zero attached hydrogens (tertiary/aromatic N) is 1. The SMILES string of the molecule is CCOc1cc2c(c(F)c1OCC)C(=N)N(CC(=O)c1cc(CC)cc(C(C)(C)C)c1)C21CC1. The van der Waals surface area contributed by atoms with Crippen LogP contribution >= 0.6 is 0 Å². The standard InChI is InChI=1S/C28H35FN2O3/c1-7-17-12-18(14-19(13-17)27(4,5)6)21(32)16-31-26(30)23-20(28(31)10-11-28)15-22(33-8-2)25(24(23)29)34-9-3/h12-15,30H,7-11,16H2,1-6H3. The Morgan fingerprint density at radius 2 is 1.76 bits per heavy atom. The van der Waals surface area contributed by atoms with Crippen molar-refractivity contribution >= 4 is 11.6 Å². The van der Waals surface area contributed by atoms with Gasteiger partial charge in [-0.2, -0.15) is 0 Å². The van der Waals surface area contributed by atoms with Gasteiger partial charge in [0.25, 0.3) is 0 Å². The largest absolute Gasteiger partial charge is 0.490 e. The van der Waals surface area contributed by atoms with Gasteiger partial charge in [0, 0.05) is 5.56 Å². The third kappa shape index (κ3) is 3.97. The van der Waals surface area contributed by atoms with Crippen molar-refractivity contribution in [3.05, 3.63) is 57.9 Å². The summed E-state index contributed by atoms with van der Waals surface area (Å²) in [5.41, 5.74) is 3.24. The molecular formula is C28H35FN2O3. The number of ketones is 1. The van der Waals surface area contributed by atoms with Crippen LogP contribution in [0.5, 0.6) is 11.5 Å². The molecule has 0 unspecified atom stereocenters. The fourth-order valence-corrected chi connectivity index (χ4v) is 4.86. The molecular weight excluding hydrogens is 431 g/mol. The van der Waals surface area contributed by atoms with Crippen LogP contribution in [0.1, 0.15) is 87.0 Å². The van der Waals surface area contributed by atoms with E-state index in [0.29, 0.717) is 24.5 Å². The lowest BCUT2D eigenvalue weighted by molar-refractivity contribution is 0.0943. The monoisotopic (exact) mass is 466 g/mol. The molecule has 0 radical (unpaired) electrons. The van der Waals surface area contributed by atoms with E-state index in [1.165, 1.54) is 0 Å². The number of rotatable bonds is 8. The molecule has 2 aromatic carbocycles. The van der Waals surface area contributed by atoms with Gasteiger partial charge < -0.3 is 14.4 Å². The highest BCUT2D eigenvalue weighted by molar-refractivity contribution is 6.07. The third-order valence-electron chi connectivity index (χ3n) is 6.92. The number of ether oxygens (including phenoxy) is 2. The molecule has 182 valence electrons. The lowest BCUT2D eigenvalue weighted by Crippen LogP contribution is -2.38. The number of aryl methyl sites for hydroxylation is 1. The molecule has 4 rings (SSSR count). The van der Waals surface area contributed by atoms with Crippen molar-refractivity contribution in [2.45, 2.75) is 71.8 Å². The Bertz CT molecular complexity index is 1150. The molecule has 2 aromatic rings. The number of halogens is 1. The van der Waals surface area contributed by atoms with E-state index >= 15 is 4.39 Å². The molecule has 1 N–H and O–H groups in total. The van der Waals surface area contributed by atoms with Gasteiger partial charge in [-0.05, 0) is 73.4 Å². The van der Waals surface area contributed by atoms with Crippen LogP contribution in [-0.4, -0.2) is 36.3 Å². The summed E-state index contributed by atoms with van der Waals surface area (Å²) in [5, 5.41) is 8.84. The molecule has 1 fully saturated rings. The third-order valence-corrected chi connectivity index (χ3v) is 6.92. The summed E-state index contributed by atoms with van der Waals surface area (Å²) in [7, 11) is 0. The Hall–Kier alpha value is -2.89. The number of fused-ring (bicyclic) bond motifs is 2. The molecule has 0 atom stereocenters. The zero-order valence-electron chi connectivity index (χ0n) is 21.1. The van der Waals surface area contributed by atoms with Crippen LogP contribution in [0, 0.1) is 11.2 Å². The summed E-state index contributed by atoms with van der Waals surface area (Å²) in [6.07, 6.45) is 2.39. The van der Waals surface area contributed by atoms with Crippen molar-refractivity contribution in [2.24, 2.45) is 0 Å². The molecule has 0 aromatic heterocycles. The van der Waals surface area contributed by atoms with Gasteiger partial charge in [0.1, 0.15) is 5.84 Å². The minimum atomic E-state index is -0.572. The van der Waals surface area contributed by atoms with Gasteiger partial charge in [-0.25, -0.2) is 4.39 Å². The molecule has 1 aliphatic heterocycles. The van der Waals surface area contributed by atoms with Crippen molar-refractivity contribution in [1.82, 2.24) is 4.90 Å². The number of carbonyl (C=O) groups excluding carboxylic acids is 1. The second kappa shape index (κ2) is 8.71. The van der Waals surface area contributed by atoms with Crippen LogP contribution in [0.25, 0.3) is 0 Å². The number of hydrogen-bond acceptors (Lipinski definition) is 4. The molecule has 6 heteroatoms. The maximum absolute atomic E-state index is 15.6. The topological polar surface area (TPSA) is 62.6 Å². The van der Waals surface area contributed by atoms with Crippen molar-refractivity contribution in [2.75, 3.05) is 19.8 Å². The van der Waals surface area contributed by atoms with Crippen LogP contribution < -0.4 is 9.47 Å². The molecule has 2 aliphatic rings. The molecule has 1 spiro atoms. The Balaban J connectivity index is 1.71. The Labute approximate surface area is 201 Å². The highest BCUT2D eigenvalue weighted by Gasteiger charge is 2.58. The second-order valence-corrected chi connectivity index (χ2v) is 10.2. The maximum Gasteiger partial charge on any atom is 0.197 e. The van der Waals surface area contributed by atoms with Crippen molar-refractivity contribution in [1.29, 1.82) is 5.41 Å². The summed E-state index contributed by atoms with van der Waals surface area (Å²) in [6, 6.07) is 7.89. The molecule has 34 heavy (non-hydrogen) atoms. The van der Waals surface area contributed by atoms with Crippen molar-refractivity contribution in [3.8, 4) is 11.5 Å². The number of nitrogens with one attached hydrogen (secondary N) is 1. The van der Waals surface area contributed by atoms with Crippen LogP contribution in [0.3, 0.4) is 0 Å². The summed E-state index contributed by atoms with van der Waals surface area (Å²) >= 11 is 0. The fraction of sp³-hybridized carbons (Fsp3) is 0.500. The maximum atomic E-state index is 15.6. The van der Waals surface area contributed by atoms with Crippen LogP contribution in [0.2, 0.25) is 0 Å². The molecule has 5 nitrogen and oxygen atoms in total. The van der Waals surface area contributed by atoms with E-state index in [1.807, 2.05) is 25.1 Å². The molecule has 1 aliphatic carbocycles. The summed E-state index contributed by atoms with van der Waals surface area (Å²) in [5.74, 6) is -0.178. The highest BCUT2D eigenvalue weighted by atomic mass is 19.1. The number of hydrogen-bond donors (Lipinski definition) is 1. The number of Topliss-reactive ketones (excluding diaryl/α,β-unsaturated/α-hetero) is 1. The van der Waals surface area contributed by atoms with Crippen LogP contribution in [-0.2, 0) is 17.4 Å². The average molecular weight is 467 g/mol. The average Bonchev–Trinajstić information content (AvgIpc) is 3.56. The first-order chi connectivity index (χ1) is 16.1. The lowest BCUT2D eigenvalue weighted by atomic mass is 9.84. The van der Waals surface area contributed by atoms with E-state index in [2.05, 4.69) is 33.8 Å². The van der Waals surface area contributed by atoms with Gasteiger partial charge in [-0.3, -0.25) is 10.2 Å². The Morgan fingerprint density at radius 1 is 1.09 bits per heavy atom. The summed E-state index contributed by atoms with van der Waals surface area (Å²) in [6.45, 7) is 12.8. The molecule has 1 heterocycles. The van der Waals surface area contributed by atoms with E-state index in [9.17, 15) is 4.79 Å². The summed E-state index contributed by atoms with van der Waals surface area (Å²) < 4.78 is 26.9. The number of carbonyl (C=O) groups is 1. The number of benzene rings is 2. The molecule has 0 bridgehead atoms. The smallest absolute Gasteiger partial charge is 0.197 e. The minimum absolute atomic E-state index is 0.0393. The predicted molar refractivity (Wildman–Crippen MR) is 132 cm³/mol. The van der Waals surface area contributed by atoms with E-state index < -0.39 is 11.4 Å². The van der Waals surface area contributed by atoms with Gasteiger partial charge in [0.2, 0.25) is 0 Å². The minimum Gasteiger partial charge on any atom is -0.490 e. The Kier molecular flexibility index (Phi) is 6.21. The van der Waals surface area contributed by atoms with E-state index in [0.717, 1.165) is 36.0 Å². The second-order valence-electron chi connectivity index (χ2n) is 10.2. The van der Waals surface area contributed by atoms with Crippen LogP contribution in [0.15, 0.2) is 24.3 Å². The van der Waals surface area contributed by atoms with Gasteiger partial charge in [0.05, 0.1) is 30.9 Å². The van der Waals surface area contributed by atoms with E-state index in [1.54, 1.807) is 11.8 Å². The molecule has 0 saturated heterocycles. The first-order valence-electron chi connectivity index (χ1n) is 12.2. The van der Waals surface area contributed by atoms with E-state index in [-0.39, 0.29) is 34.9 Å². The van der Waals surface area contributed by atoms with Gasteiger partial charge in [-0.1, -0.05) is 33.8 Å².